The summed E-state index contributed by atoms with van der Waals surface area (Å²) in [5.41, 5.74) is 3.67. The highest BCUT2D eigenvalue weighted by atomic mass is 35.5. The molecule has 0 spiro atoms. The molecular formula is C24H18ClFN4O3S. The van der Waals surface area contributed by atoms with E-state index in [1.165, 1.54) is 29.3 Å². The number of amides is 3. The third-order valence-electron chi connectivity index (χ3n) is 5.08. The molecule has 3 aromatic rings. The predicted octanol–water partition coefficient (Wildman–Crippen LogP) is 4.16. The molecule has 10 heteroatoms. The number of benzene rings is 3. The van der Waals surface area contributed by atoms with Crippen LogP contribution in [0.15, 0.2) is 78.9 Å². The first kappa shape index (κ1) is 23.3. The highest BCUT2D eigenvalue weighted by molar-refractivity contribution is 7.80. The highest BCUT2D eigenvalue weighted by Crippen LogP contribution is 2.27. The van der Waals surface area contributed by atoms with Crippen molar-refractivity contribution in [3.05, 3.63) is 95.3 Å². The van der Waals surface area contributed by atoms with Crippen LogP contribution in [0.5, 0.6) is 0 Å². The lowest BCUT2D eigenvalue weighted by Crippen LogP contribution is -2.49. The SMILES string of the molecule is O=C(CC1C(=O)N(c2ccc(F)cc2)C(=S)N1NC(=O)c1ccccc1)Nc1ccccc1Cl. The van der Waals surface area contributed by atoms with Crippen LogP contribution < -0.4 is 15.6 Å². The molecule has 34 heavy (non-hydrogen) atoms. The summed E-state index contributed by atoms with van der Waals surface area (Å²) < 4.78 is 13.4. The van der Waals surface area contributed by atoms with E-state index < -0.39 is 29.6 Å². The Morgan fingerprint density at radius 2 is 1.62 bits per heavy atom. The monoisotopic (exact) mass is 496 g/mol. The number of anilines is 2. The van der Waals surface area contributed by atoms with Crippen LogP contribution in [0, 0.1) is 5.82 Å². The Morgan fingerprint density at radius 1 is 0.971 bits per heavy atom. The summed E-state index contributed by atoms with van der Waals surface area (Å²) in [6.45, 7) is 0. The number of hydrazine groups is 1. The summed E-state index contributed by atoms with van der Waals surface area (Å²) in [6.07, 6.45) is -0.322. The second-order valence-electron chi connectivity index (χ2n) is 7.36. The number of hydrogen-bond acceptors (Lipinski definition) is 4. The molecule has 1 heterocycles. The quantitative estimate of drug-likeness (QED) is 0.501. The van der Waals surface area contributed by atoms with Gasteiger partial charge in [0.25, 0.3) is 11.8 Å². The minimum absolute atomic E-state index is 0.0450. The summed E-state index contributed by atoms with van der Waals surface area (Å²) in [5, 5.41) is 4.14. The number of carbonyl (C=O) groups is 3. The molecule has 4 rings (SSSR count). The molecule has 0 radical (unpaired) electrons. The van der Waals surface area contributed by atoms with Crippen LogP contribution in [0.4, 0.5) is 15.8 Å². The van der Waals surface area contributed by atoms with Gasteiger partial charge in [0, 0.05) is 5.56 Å². The van der Waals surface area contributed by atoms with Gasteiger partial charge in [-0.1, -0.05) is 41.9 Å². The number of nitrogens with zero attached hydrogens (tertiary/aromatic N) is 2. The molecule has 0 aromatic heterocycles. The molecule has 172 valence electrons. The van der Waals surface area contributed by atoms with Crippen LogP contribution in [0.1, 0.15) is 16.8 Å². The maximum atomic E-state index is 13.4. The summed E-state index contributed by atoms with van der Waals surface area (Å²) >= 11 is 11.6. The number of thiocarbonyl (C=S) groups is 1. The van der Waals surface area contributed by atoms with Gasteiger partial charge in [0.2, 0.25) is 11.0 Å². The van der Waals surface area contributed by atoms with Crippen LogP contribution in [0.2, 0.25) is 5.02 Å². The average Bonchev–Trinajstić information content (AvgIpc) is 3.05. The van der Waals surface area contributed by atoms with Crippen LogP contribution in [0.3, 0.4) is 0 Å². The van der Waals surface area contributed by atoms with Gasteiger partial charge < -0.3 is 5.32 Å². The van der Waals surface area contributed by atoms with Gasteiger partial charge in [-0.25, -0.2) is 9.40 Å². The van der Waals surface area contributed by atoms with Crippen molar-refractivity contribution in [1.29, 1.82) is 0 Å². The zero-order chi connectivity index (χ0) is 24.2. The van der Waals surface area contributed by atoms with Gasteiger partial charge in [-0.05, 0) is 60.7 Å². The normalized spacial score (nSPS) is 15.4. The summed E-state index contributed by atoms with van der Waals surface area (Å²) in [5.74, 6) is -2.03. The van der Waals surface area contributed by atoms with E-state index >= 15 is 0 Å². The van der Waals surface area contributed by atoms with E-state index in [0.29, 0.717) is 22.0 Å². The first-order chi connectivity index (χ1) is 16.3. The minimum atomic E-state index is -1.13. The lowest BCUT2D eigenvalue weighted by atomic mass is 10.1. The second-order valence-corrected chi connectivity index (χ2v) is 8.13. The van der Waals surface area contributed by atoms with E-state index in [0.717, 1.165) is 4.90 Å². The zero-order valence-corrected chi connectivity index (χ0v) is 19.1. The van der Waals surface area contributed by atoms with Crippen LogP contribution in [-0.4, -0.2) is 33.9 Å². The molecule has 1 atom stereocenters. The van der Waals surface area contributed by atoms with Crippen molar-refractivity contribution in [3.8, 4) is 0 Å². The number of carbonyl (C=O) groups excluding carboxylic acids is 3. The Hall–Kier alpha value is -3.82. The zero-order valence-electron chi connectivity index (χ0n) is 17.6. The van der Waals surface area contributed by atoms with Crippen LogP contribution >= 0.6 is 23.8 Å². The molecule has 0 aliphatic carbocycles. The molecule has 1 aliphatic rings. The molecular weight excluding hydrogens is 479 g/mol. The van der Waals surface area contributed by atoms with Gasteiger partial charge in [-0.15, -0.1) is 0 Å². The number of rotatable bonds is 6. The third-order valence-corrected chi connectivity index (χ3v) is 5.79. The Kier molecular flexibility index (Phi) is 6.85. The lowest BCUT2D eigenvalue weighted by Gasteiger charge is -2.24. The van der Waals surface area contributed by atoms with Crippen molar-refractivity contribution in [2.45, 2.75) is 12.5 Å². The summed E-state index contributed by atoms with van der Waals surface area (Å²) in [4.78, 5) is 40.1. The smallest absolute Gasteiger partial charge is 0.269 e. The van der Waals surface area contributed by atoms with Gasteiger partial charge in [-0.3, -0.25) is 24.7 Å². The van der Waals surface area contributed by atoms with Crippen molar-refractivity contribution in [2.75, 3.05) is 10.2 Å². The standard InChI is InChI=1S/C24H18ClFN4O3S/c25-18-8-4-5-9-19(18)27-21(31)14-20-23(33)29(17-12-10-16(26)11-13-17)24(34)30(20)28-22(32)15-6-2-1-3-7-15/h1-13,20H,14H2,(H,27,31)(H,28,32). The number of hydrogen-bond donors (Lipinski definition) is 2. The number of nitrogens with one attached hydrogen (secondary N) is 2. The van der Waals surface area contributed by atoms with Crippen molar-refractivity contribution >= 4 is 58.0 Å². The Balaban J connectivity index is 1.61. The minimum Gasteiger partial charge on any atom is -0.325 e. The molecule has 0 saturated carbocycles. The van der Waals surface area contributed by atoms with E-state index in [1.807, 2.05) is 0 Å². The summed E-state index contributed by atoms with van der Waals surface area (Å²) in [6, 6.07) is 19.1. The molecule has 2 N–H and O–H groups in total. The molecule has 1 aliphatic heterocycles. The highest BCUT2D eigenvalue weighted by Gasteiger charge is 2.45. The number of para-hydroxylation sites is 1. The first-order valence-electron chi connectivity index (χ1n) is 10.2. The van der Waals surface area contributed by atoms with Crippen molar-refractivity contribution < 1.29 is 18.8 Å². The van der Waals surface area contributed by atoms with E-state index in [-0.39, 0.29) is 11.5 Å². The van der Waals surface area contributed by atoms with Crippen LogP contribution in [0.25, 0.3) is 0 Å². The fourth-order valence-corrected chi connectivity index (χ4v) is 3.98. The van der Waals surface area contributed by atoms with Gasteiger partial charge >= 0.3 is 0 Å². The summed E-state index contributed by atoms with van der Waals surface area (Å²) in [7, 11) is 0. The number of halogens is 2. The van der Waals surface area contributed by atoms with Gasteiger partial charge in [0.05, 0.1) is 22.8 Å². The molecule has 7 nitrogen and oxygen atoms in total. The average molecular weight is 497 g/mol. The Bertz CT molecular complexity index is 1260. The van der Waals surface area contributed by atoms with Crippen molar-refractivity contribution in [3.63, 3.8) is 0 Å². The van der Waals surface area contributed by atoms with E-state index in [2.05, 4.69) is 10.7 Å². The second kappa shape index (κ2) is 9.98. The van der Waals surface area contributed by atoms with E-state index in [4.69, 9.17) is 23.8 Å². The Labute approximate surface area is 205 Å². The fraction of sp³-hybridized carbons (Fsp3) is 0.0833. The van der Waals surface area contributed by atoms with Gasteiger partial charge in [-0.2, -0.15) is 0 Å². The molecule has 0 bridgehead atoms. The van der Waals surface area contributed by atoms with Gasteiger partial charge in [0.1, 0.15) is 11.9 Å². The fourth-order valence-electron chi connectivity index (χ4n) is 3.43. The van der Waals surface area contributed by atoms with Crippen LogP contribution in [-0.2, 0) is 9.59 Å². The topological polar surface area (TPSA) is 81.8 Å². The van der Waals surface area contributed by atoms with Crippen molar-refractivity contribution in [2.24, 2.45) is 0 Å². The lowest BCUT2D eigenvalue weighted by molar-refractivity contribution is -0.124. The van der Waals surface area contributed by atoms with E-state index in [1.54, 1.807) is 54.6 Å². The molecule has 1 fully saturated rings. The molecule has 1 unspecified atom stereocenters. The largest absolute Gasteiger partial charge is 0.325 e. The molecule has 3 amide bonds. The van der Waals surface area contributed by atoms with Crippen molar-refractivity contribution in [1.82, 2.24) is 10.4 Å². The molecule has 1 saturated heterocycles. The predicted molar refractivity (Wildman–Crippen MR) is 131 cm³/mol. The Morgan fingerprint density at radius 3 is 2.29 bits per heavy atom. The maximum absolute atomic E-state index is 13.4. The van der Waals surface area contributed by atoms with Gasteiger partial charge in [0.15, 0.2) is 0 Å². The third kappa shape index (κ3) is 4.90. The maximum Gasteiger partial charge on any atom is 0.269 e. The van der Waals surface area contributed by atoms with E-state index in [9.17, 15) is 18.8 Å². The molecule has 3 aromatic carbocycles. The first-order valence-corrected chi connectivity index (χ1v) is 11.0.